The highest BCUT2D eigenvalue weighted by atomic mass is 35.5. The zero-order chi connectivity index (χ0) is 17.4. The minimum Gasteiger partial charge on any atom is -0.350 e. The molecule has 1 saturated heterocycles. The van der Waals surface area contributed by atoms with E-state index in [0.29, 0.717) is 31.5 Å². The number of aromatic nitrogens is 4. The van der Waals surface area contributed by atoms with Crippen LogP contribution in [0.15, 0.2) is 23.1 Å². The van der Waals surface area contributed by atoms with Crippen LogP contribution < -0.4 is 16.2 Å². The van der Waals surface area contributed by atoms with Gasteiger partial charge in [0.15, 0.2) is 0 Å². The van der Waals surface area contributed by atoms with E-state index < -0.39 is 0 Å². The van der Waals surface area contributed by atoms with E-state index in [0.717, 1.165) is 30.9 Å². The zero-order valence-corrected chi connectivity index (χ0v) is 15.5. The molecule has 26 heavy (non-hydrogen) atoms. The summed E-state index contributed by atoms with van der Waals surface area (Å²) >= 11 is 0. The van der Waals surface area contributed by atoms with Crippen LogP contribution in [0, 0.1) is 12.8 Å². The average Bonchev–Trinajstić information content (AvgIpc) is 3.01. The first-order chi connectivity index (χ1) is 12.1. The molecule has 4 rings (SSSR count). The molecule has 2 aliphatic rings. The summed E-state index contributed by atoms with van der Waals surface area (Å²) in [7, 11) is 0. The highest BCUT2D eigenvalue weighted by Gasteiger charge is 2.31. The van der Waals surface area contributed by atoms with Gasteiger partial charge in [-0.05, 0) is 37.9 Å². The van der Waals surface area contributed by atoms with E-state index >= 15 is 0 Å². The number of nitrogens with one attached hydrogen (secondary N) is 2. The Kier molecular flexibility index (Phi) is 5.43. The molecule has 8 nitrogen and oxygen atoms in total. The third-order valence-corrected chi connectivity index (χ3v) is 5.03. The lowest BCUT2D eigenvalue weighted by atomic mass is 9.84. The normalized spacial score (nSPS) is 20.8. The summed E-state index contributed by atoms with van der Waals surface area (Å²) in [6.45, 7) is 5.32. The highest BCUT2D eigenvalue weighted by Crippen LogP contribution is 2.31. The van der Waals surface area contributed by atoms with Gasteiger partial charge < -0.3 is 15.2 Å². The Morgan fingerprint density at radius 2 is 2.23 bits per heavy atom. The van der Waals surface area contributed by atoms with Gasteiger partial charge in [-0.1, -0.05) is 5.21 Å². The van der Waals surface area contributed by atoms with Crippen LogP contribution in [0.5, 0.6) is 0 Å². The molecule has 2 aliphatic heterocycles. The SMILES string of the molecule is Cc1cn(CCNC(=O)c2ccc3n(c2=O)C[C@@H]2CNC[C@H]3C2)nn1.Cl. The van der Waals surface area contributed by atoms with Crippen LogP contribution in [0.3, 0.4) is 0 Å². The fourth-order valence-corrected chi connectivity index (χ4v) is 3.85. The molecule has 2 aromatic heterocycles. The number of nitrogens with zero attached hydrogens (tertiary/aromatic N) is 4. The Morgan fingerprint density at radius 3 is 3.00 bits per heavy atom. The molecule has 2 bridgehead atoms. The zero-order valence-electron chi connectivity index (χ0n) is 14.6. The van der Waals surface area contributed by atoms with Gasteiger partial charge in [-0.2, -0.15) is 0 Å². The Morgan fingerprint density at radius 1 is 1.38 bits per heavy atom. The van der Waals surface area contributed by atoms with Crippen molar-refractivity contribution in [3.63, 3.8) is 0 Å². The van der Waals surface area contributed by atoms with Crippen molar-refractivity contribution in [1.29, 1.82) is 0 Å². The lowest BCUT2D eigenvalue weighted by Crippen LogP contribution is -2.46. The predicted molar refractivity (Wildman–Crippen MR) is 98.8 cm³/mol. The van der Waals surface area contributed by atoms with Crippen molar-refractivity contribution < 1.29 is 4.79 Å². The van der Waals surface area contributed by atoms with E-state index in [9.17, 15) is 9.59 Å². The quantitative estimate of drug-likeness (QED) is 0.798. The van der Waals surface area contributed by atoms with E-state index in [-0.39, 0.29) is 29.4 Å². The number of pyridine rings is 1. The molecule has 140 valence electrons. The maximum atomic E-state index is 12.8. The fourth-order valence-electron chi connectivity index (χ4n) is 3.85. The van der Waals surface area contributed by atoms with Crippen molar-refractivity contribution >= 4 is 18.3 Å². The molecule has 1 amide bonds. The summed E-state index contributed by atoms with van der Waals surface area (Å²) in [6.07, 6.45) is 2.93. The molecule has 0 aliphatic carbocycles. The van der Waals surface area contributed by atoms with Crippen molar-refractivity contribution in [2.45, 2.75) is 32.4 Å². The summed E-state index contributed by atoms with van der Waals surface area (Å²) in [5, 5.41) is 14.1. The van der Waals surface area contributed by atoms with Crippen LogP contribution in [-0.4, -0.2) is 45.1 Å². The van der Waals surface area contributed by atoms with E-state index in [1.165, 1.54) is 0 Å². The smallest absolute Gasteiger partial charge is 0.263 e. The molecule has 0 saturated carbocycles. The van der Waals surface area contributed by atoms with Crippen molar-refractivity contribution in [3.05, 3.63) is 45.6 Å². The number of amides is 1. The second-order valence-corrected chi connectivity index (χ2v) is 6.92. The van der Waals surface area contributed by atoms with E-state index in [2.05, 4.69) is 20.9 Å². The Labute approximate surface area is 157 Å². The summed E-state index contributed by atoms with van der Waals surface area (Å²) in [6, 6.07) is 3.60. The Balaban J connectivity index is 0.00000196. The first-order valence-corrected chi connectivity index (χ1v) is 8.71. The Bertz CT molecular complexity index is 861. The Hall–Kier alpha value is -2.19. The summed E-state index contributed by atoms with van der Waals surface area (Å²) in [5.41, 5.74) is 1.91. The number of carbonyl (C=O) groups is 1. The van der Waals surface area contributed by atoms with Gasteiger partial charge >= 0.3 is 0 Å². The minimum atomic E-state index is -0.328. The fraction of sp³-hybridized carbons (Fsp3) is 0.529. The molecule has 0 unspecified atom stereocenters. The lowest BCUT2D eigenvalue weighted by Gasteiger charge is -2.37. The van der Waals surface area contributed by atoms with Gasteiger partial charge in [-0.3, -0.25) is 14.3 Å². The van der Waals surface area contributed by atoms with Crippen molar-refractivity contribution in [3.8, 4) is 0 Å². The molecule has 4 heterocycles. The van der Waals surface area contributed by atoms with Gasteiger partial charge in [0.25, 0.3) is 11.5 Å². The number of fused-ring (bicyclic) bond motifs is 4. The minimum absolute atomic E-state index is 0. The number of carbonyl (C=O) groups excluding carboxylic acids is 1. The summed E-state index contributed by atoms with van der Waals surface area (Å²) in [4.78, 5) is 25.2. The van der Waals surface area contributed by atoms with Gasteiger partial charge in [0.2, 0.25) is 0 Å². The molecule has 2 aromatic rings. The maximum Gasteiger partial charge on any atom is 0.263 e. The third kappa shape index (κ3) is 3.52. The van der Waals surface area contributed by atoms with Gasteiger partial charge in [0.1, 0.15) is 5.56 Å². The molecule has 9 heteroatoms. The van der Waals surface area contributed by atoms with E-state index in [1.54, 1.807) is 15.3 Å². The first kappa shape index (κ1) is 18.6. The maximum absolute atomic E-state index is 12.8. The molecule has 0 aromatic carbocycles. The van der Waals surface area contributed by atoms with Crippen LogP contribution in [-0.2, 0) is 13.1 Å². The molecule has 0 spiro atoms. The molecule has 2 N–H and O–H groups in total. The summed E-state index contributed by atoms with van der Waals surface area (Å²) < 4.78 is 3.47. The van der Waals surface area contributed by atoms with Gasteiger partial charge in [-0.25, -0.2) is 0 Å². The second-order valence-electron chi connectivity index (χ2n) is 6.92. The number of rotatable bonds is 4. The van der Waals surface area contributed by atoms with Crippen LogP contribution in [0.2, 0.25) is 0 Å². The van der Waals surface area contributed by atoms with Crippen LogP contribution in [0.1, 0.15) is 34.1 Å². The molecular formula is C17H23ClN6O2. The van der Waals surface area contributed by atoms with Crippen LogP contribution >= 0.6 is 12.4 Å². The monoisotopic (exact) mass is 378 g/mol. The topological polar surface area (TPSA) is 93.8 Å². The van der Waals surface area contributed by atoms with Crippen molar-refractivity contribution in [1.82, 2.24) is 30.2 Å². The highest BCUT2D eigenvalue weighted by molar-refractivity contribution is 5.93. The van der Waals surface area contributed by atoms with Crippen molar-refractivity contribution in [2.75, 3.05) is 19.6 Å². The molecule has 2 atom stereocenters. The predicted octanol–water partition coefficient (Wildman–Crippen LogP) is 0.307. The molecule has 1 fully saturated rings. The standard InChI is InChI=1S/C17H22N6O2.ClH/c1-11-9-22(21-20-11)5-4-19-16(24)14-2-3-15-13-6-12(7-18-8-13)10-23(15)17(14)25;/h2-3,9,12-13,18H,4-8,10H2,1H3,(H,19,24);1H/t12-,13+;/m0./s1. The van der Waals surface area contributed by atoms with Gasteiger partial charge in [0.05, 0.1) is 12.2 Å². The van der Waals surface area contributed by atoms with E-state index in [4.69, 9.17) is 0 Å². The van der Waals surface area contributed by atoms with Crippen molar-refractivity contribution in [2.24, 2.45) is 5.92 Å². The average molecular weight is 379 g/mol. The molecule has 0 radical (unpaired) electrons. The summed E-state index contributed by atoms with van der Waals surface area (Å²) in [5.74, 6) is 0.511. The number of halogens is 1. The van der Waals surface area contributed by atoms with Crippen LogP contribution in [0.25, 0.3) is 0 Å². The number of hydrogen-bond donors (Lipinski definition) is 2. The lowest BCUT2D eigenvalue weighted by molar-refractivity contribution is 0.0949. The van der Waals surface area contributed by atoms with Crippen LogP contribution in [0.4, 0.5) is 0 Å². The first-order valence-electron chi connectivity index (χ1n) is 8.71. The second kappa shape index (κ2) is 7.59. The largest absolute Gasteiger partial charge is 0.350 e. The number of piperidine rings is 1. The number of aryl methyl sites for hydroxylation is 1. The van der Waals surface area contributed by atoms with Gasteiger partial charge in [0, 0.05) is 37.4 Å². The van der Waals surface area contributed by atoms with E-state index in [1.807, 2.05) is 19.2 Å². The van der Waals surface area contributed by atoms with Gasteiger partial charge in [-0.15, -0.1) is 17.5 Å². The number of hydrogen-bond acceptors (Lipinski definition) is 5. The molecular weight excluding hydrogens is 356 g/mol. The third-order valence-electron chi connectivity index (χ3n) is 5.03.